The van der Waals surface area contributed by atoms with Gasteiger partial charge in [0.05, 0.1) is 12.6 Å². The lowest BCUT2D eigenvalue weighted by molar-refractivity contribution is 0.419. The van der Waals surface area contributed by atoms with Crippen LogP contribution in [0.25, 0.3) is 10.9 Å². The van der Waals surface area contributed by atoms with E-state index in [-0.39, 0.29) is 6.04 Å². The zero-order valence-corrected chi connectivity index (χ0v) is 11.6. The van der Waals surface area contributed by atoms with Gasteiger partial charge in [-0.3, -0.25) is 0 Å². The first-order valence-electron chi connectivity index (χ1n) is 6.46. The molecular formula is C15H22N2O. The molecule has 1 atom stereocenters. The van der Waals surface area contributed by atoms with E-state index >= 15 is 0 Å². The van der Waals surface area contributed by atoms with Gasteiger partial charge in [-0.15, -0.1) is 0 Å². The standard InChI is InChI=1S/C15H22N2O/c1-10(2)17-9-12(8-11(3)16)15-13(17)6-5-7-14(15)18-4/h5-7,9-11H,8,16H2,1-4H3. The average Bonchev–Trinajstić information content (AvgIpc) is 2.67. The molecule has 0 radical (unpaired) electrons. The second-order valence-electron chi connectivity index (χ2n) is 5.19. The Labute approximate surface area is 109 Å². The van der Waals surface area contributed by atoms with Gasteiger partial charge in [-0.2, -0.15) is 0 Å². The largest absolute Gasteiger partial charge is 0.496 e. The number of ether oxygens (including phenoxy) is 1. The van der Waals surface area contributed by atoms with E-state index in [1.54, 1.807) is 7.11 Å². The van der Waals surface area contributed by atoms with Gasteiger partial charge in [-0.1, -0.05) is 6.07 Å². The van der Waals surface area contributed by atoms with Crippen LogP contribution in [0.2, 0.25) is 0 Å². The molecule has 2 rings (SSSR count). The smallest absolute Gasteiger partial charge is 0.128 e. The number of hydrogen-bond acceptors (Lipinski definition) is 2. The van der Waals surface area contributed by atoms with Crippen molar-refractivity contribution in [3.63, 3.8) is 0 Å². The highest BCUT2D eigenvalue weighted by molar-refractivity contribution is 5.90. The van der Waals surface area contributed by atoms with E-state index in [0.29, 0.717) is 6.04 Å². The summed E-state index contributed by atoms with van der Waals surface area (Å²) in [5.41, 5.74) is 8.43. The second-order valence-corrected chi connectivity index (χ2v) is 5.19. The van der Waals surface area contributed by atoms with Crippen LogP contribution in [-0.2, 0) is 6.42 Å². The minimum Gasteiger partial charge on any atom is -0.496 e. The monoisotopic (exact) mass is 246 g/mol. The molecule has 0 fully saturated rings. The number of hydrogen-bond donors (Lipinski definition) is 1. The van der Waals surface area contributed by atoms with E-state index in [9.17, 15) is 0 Å². The van der Waals surface area contributed by atoms with Crippen molar-refractivity contribution in [3.05, 3.63) is 30.0 Å². The highest BCUT2D eigenvalue weighted by atomic mass is 16.5. The van der Waals surface area contributed by atoms with Crippen molar-refractivity contribution in [2.75, 3.05) is 7.11 Å². The van der Waals surface area contributed by atoms with Crippen molar-refractivity contribution < 1.29 is 4.74 Å². The maximum atomic E-state index is 5.94. The predicted molar refractivity (Wildman–Crippen MR) is 76.2 cm³/mol. The average molecular weight is 246 g/mol. The van der Waals surface area contributed by atoms with E-state index in [0.717, 1.165) is 12.2 Å². The summed E-state index contributed by atoms with van der Waals surface area (Å²) in [6.45, 7) is 6.41. The van der Waals surface area contributed by atoms with Crippen LogP contribution in [0, 0.1) is 0 Å². The van der Waals surface area contributed by atoms with Gasteiger partial charge in [0.1, 0.15) is 5.75 Å². The summed E-state index contributed by atoms with van der Waals surface area (Å²) in [5, 5.41) is 1.20. The zero-order chi connectivity index (χ0) is 13.3. The number of methoxy groups -OCH3 is 1. The van der Waals surface area contributed by atoms with Crippen LogP contribution in [0.3, 0.4) is 0 Å². The lowest BCUT2D eigenvalue weighted by atomic mass is 10.1. The molecule has 1 unspecified atom stereocenters. The van der Waals surface area contributed by atoms with Crippen molar-refractivity contribution in [2.24, 2.45) is 5.73 Å². The Kier molecular flexibility index (Phi) is 3.62. The minimum atomic E-state index is 0.154. The Morgan fingerprint density at radius 2 is 2.00 bits per heavy atom. The zero-order valence-electron chi connectivity index (χ0n) is 11.6. The summed E-state index contributed by atoms with van der Waals surface area (Å²) in [6, 6.07) is 6.78. The molecule has 18 heavy (non-hydrogen) atoms. The molecule has 0 saturated carbocycles. The third-order valence-electron chi connectivity index (χ3n) is 3.22. The van der Waals surface area contributed by atoms with Crippen LogP contribution in [-0.4, -0.2) is 17.7 Å². The first-order valence-corrected chi connectivity index (χ1v) is 6.46. The number of fused-ring (bicyclic) bond motifs is 1. The highest BCUT2D eigenvalue weighted by Gasteiger charge is 2.15. The number of nitrogens with zero attached hydrogens (tertiary/aromatic N) is 1. The maximum absolute atomic E-state index is 5.94. The van der Waals surface area contributed by atoms with Gasteiger partial charge in [-0.25, -0.2) is 0 Å². The fraction of sp³-hybridized carbons (Fsp3) is 0.467. The Balaban J connectivity index is 2.68. The lowest BCUT2D eigenvalue weighted by Gasteiger charge is -2.09. The third-order valence-corrected chi connectivity index (χ3v) is 3.22. The normalized spacial score (nSPS) is 13.2. The van der Waals surface area contributed by atoms with Gasteiger partial charge in [0.15, 0.2) is 0 Å². The quantitative estimate of drug-likeness (QED) is 0.900. The molecule has 2 aromatic rings. The van der Waals surface area contributed by atoms with Crippen molar-refractivity contribution in [1.82, 2.24) is 4.57 Å². The molecule has 1 aromatic heterocycles. The minimum absolute atomic E-state index is 0.154. The molecule has 0 aliphatic rings. The summed E-state index contributed by atoms with van der Waals surface area (Å²) in [5.74, 6) is 0.933. The maximum Gasteiger partial charge on any atom is 0.128 e. The van der Waals surface area contributed by atoms with E-state index in [2.05, 4.69) is 30.7 Å². The SMILES string of the molecule is COc1cccc2c1c(CC(C)N)cn2C(C)C. The summed E-state index contributed by atoms with van der Waals surface area (Å²) in [7, 11) is 1.72. The van der Waals surface area contributed by atoms with Crippen LogP contribution >= 0.6 is 0 Å². The summed E-state index contributed by atoms with van der Waals surface area (Å²) in [6.07, 6.45) is 3.08. The van der Waals surface area contributed by atoms with Crippen LogP contribution < -0.4 is 10.5 Å². The van der Waals surface area contributed by atoms with Crippen LogP contribution in [0.5, 0.6) is 5.75 Å². The first kappa shape index (κ1) is 13.0. The van der Waals surface area contributed by atoms with Gasteiger partial charge in [0.2, 0.25) is 0 Å². The third kappa shape index (κ3) is 2.23. The van der Waals surface area contributed by atoms with Crippen molar-refractivity contribution in [2.45, 2.75) is 39.3 Å². The molecule has 0 aliphatic heterocycles. The van der Waals surface area contributed by atoms with Crippen LogP contribution in [0.1, 0.15) is 32.4 Å². The molecule has 0 amide bonds. The van der Waals surface area contributed by atoms with Crippen LogP contribution in [0.4, 0.5) is 0 Å². The van der Waals surface area contributed by atoms with Crippen molar-refractivity contribution in [3.8, 4) is 5.75 Å². The molecule has 0 aliphatic carbocycles. The topological polar surface area (TPSA) is 40.2 Å². The number of aromatic nitrogens is 1. The van der Waals surface area contributed by atoms with Crippen molar-refractivity contribution in [1.29, 1.82) is 0 Å². The predicted octanol–water partition coefficient (Wildman–Crippen LogP) is 3.12. The van der Waals surface area contributed by atoms with E-state index in [1.165, 1.54) is 16.5 Å². The van der Waals surface area contributed by atoms with Crippen molar-refractivity contribution >= 4 is 10.9 Å². The number of rotatable bonds is 4. The molecule has 0 bridgehead atoms. The van der Waals surface area contributed by atoms with Gasteiger partial charge in [0.25, 0.3) is 0 Å². The Morgan fingerprint density at radius 3 is 2.56 bits per heavy atom. The van der Waals surface area contributed by atoms with Gasteiger partial charge >= 0.3 is 0 Å². The first-order chi connectivity index (χ1) is 8.54. The highest BCUT2D eigenvalue weighted by Crippen LogP contribution is 2.32. The van der Waals surface area contributed by atoms with E-state index in [4.69, 9.17) is 10.5 Å². The molecular weight excluding hydrogens is 224 g/mol. The second kappa shape index (κ2) is 5.02. The molecule has 1 heterocycles. The summed E-state index contributed by atoms with van der Waals surface area (Å²) in [4.78, 5) is 0. The molecule has 2 N–H and O–H groups in total. The number of benzene rings is 1. The number of nitrogens with two attached hydrogens (primary N) is 1. The molecule has 1 aromatic carbocycles. The summed E-state index contributed by atoms with van der Waals surface area (Å²) < 4.78 is 7.78. The Hall–Kier alpha value is -1.48. The fourth-order valence-electron chi connectivity index (χ4n) is 2.46. The summed E-state index contributed by atoms with van der Waals surface area (Å²) >= 11 is 0. The Morgan fingerprint density at radius 1 is 1.28 bits per heavy atom. The van der Waals surface area contributed by atoms with Gasteiger partial charge in [0, 0.05) is 23.7 Å². The van der Waals surface area contributed by atoms with Gasteiger partial charge < -0.3 is 15.0 Å². The fourth-order valence-corrected chi connectivity index (χ4v) is 2.46. The van der Waals surface area contributed by atoms with Gasteiger partial charge in [-0.05, 0) is 44.9 Å². The molecule has 3 heteroatoms. The van der Waals surface area contributed by atoms with E-state index in [1.807, 2.05) is 19.1 Å². The molecule has 0 saturated heterocycles. The molecule has 0 spiro atoms. The lowest BCUT2D eigenvalue weighted by Crippen LogP contribution is -2.17. The van der Waals surface area contributed by atoms with Crippen LogP contribution in [0.15, 0.2) is 24.4 Å². The van der Waals surface area contributed by atoms with E-state index < -0.39 is 0 Å². The Bertz CT molecular complexity index is 541. The molecule has 3 nitrogen and oxygen atoms in total. The molecule has 98 valence electrons.